The summed E-state index contributed by atoms with van der Waals surface area (Å²) in [6.07, 6.45) is -7.48. The van der Waals surface area contributed by atoms with Crippen LogP contribution in [0.4, 0.5) is 23.2 Å². The summed E-state index contributed by atoms with van der Waals surface area (Å²) in [6.45, 7) is 0. The Morgan fingerprint density at radius 3 is 2.29 bits per heavy atom. The molecule has 0 aliphatic heterocycles. The highest BCUT2D eigenvalue weighted by Gasteiger charge is 2.39. The van der Waals surface area contributed by atoms with E-state index in [0.29, 0.717) is 12.1 Å². The van der Waals surface area contributed by atoms with Crippen LogP contribution in [0.15, 0.2) is 12.1 Å². The van der Waals surface area contributed by atoms with Crippen LogP contribution in [0, 0.1) is 5.82 Å². The Labute approximate surface area is 92.3 Å². The Bertz CT molecular complexity index is 458. The van der Waals surface area contributed by atoms with Crippen LogP contribution in [0.1, 0.15) is 17.2 Å². The average Bonchev–Trinajstić information content (AvgIpc) is 2.18. The Kier molecular flexibility index (Phi) is 3.28. The predicted molar refractivity (Wildman–Crippen MR) is 48.4 cm³/mol. The maximum Gasteiger partial charge on any atom is 0.418 e. The Morgan fingerprint density at radius 1 is 1.35 bits per heavy atom. The molecule has 1 aromatic rings. The maximum atomic E-state index is 12.9. The van der Waals surface area contributed by atoms with Gasteiger partial charge in [0.25, 0.3) is 0 Å². The van der Waals surface area contributed by atoms with E-state index in [-0.39, 0.29) is 0 Å². The Balaban J connectivity index is 3.52. The first-order chi connectivity index (χ1) is 7.66. The Morgan fingerprint density at radius 2 is 1.88 bits per heavy atom. The van der Waals surface area contributed by atoms with Gasteiger partial charge in [0.05, 0.1) is 11.3 Å². The molecule has 4 N–H and O–H groups in total. The lowest BCUT2D eigenvalue weighted by Crippen LogP contribution is -2.20. The standard InChI is InChI=1S/C9H7F4NO3/c10-4-2-1-3(7(15)8(16)17)5(6(4)14)9(11,12)13/h1-2,7,15H,14H2,(H,16,17). The van der Waals surface area contributed by atoms with Crippen molar-refractivity contribution in [2.24, 2.45) is 0 Å². The summed E-state index contributed by atoms with van der Waals surface area (Å²) in [7, 11) is 0. The van der Waals surface area contributed by atoms with Crippen molar-refractivity contribution >= 4 is 11.7 Å². The number of nitrogens with two attached hydrogens (primary N) is 1. The van der Waals surface area contributed by atoms with Crippen molar-refractivity contribution in [3.63, 3.8) is 0 Å². The van der Waals surface area contributed by atoms with Crippen LogP contribution in [0.25, 0.3) is 0 Å². The number of hydrogen-bond donors (Lipinski definition) is 3. The molecule has 94 valence electrons. The zero-order chi connectivity index (χ0) is 13.4. The first-order valence-electron chi connectivity index (χ1n) is 4.22. The second-order valence-corrected chi connectivity index (χ2v) is 3.16. The number of halogens is 4. The number of aliphatic hydroxyl groups excluding tert-OH is 1. The molecule has 0 aliphatic rings. The van der Waals surface area contributed by atoms with Crippen LogP contribution in [0.5, 0.6) is 0 Å². The number of carboxylic acid groups (broad SMARTS) is 1. The SMILES string of the molecule is Nc1c(F)ccc(C(O)C(=O)O)c1C(F)(F)F. The summed E-state index contributed by atoms with van der Waals surface area (Å²) in [6, 6.07) is 1.10. The number of aliphatic carboxylic acids is 1. The fraction of sp³-hybridized carbons (Fsp3) is 0.222. The van der Waals surface area contributed by atoms with Crippen molar-refractivity contribution in [3.8, 4) is 0 Å². The molecular formula is C9H7F4NO3. The van der Waals surface area contributed by atoms with E-state index in [4.69, 9.17) is 15.9 Å². The number of carbonyl (C=O) groups is 1. The number of rotatable bonds is 2. The van der Waals surface area contributed by atoms with Gasteiger partial charge in [-0.15, -0.1) is 0 Å². The molecule has 0 bridgehead atoms. The number of benzene rings is 1. The van der Waals surface area contributed by atoms with Gasteiger partial charge >= 0.3 is 12.1 Å². The highest BCUT2D eigenvalue weighted by molar-refractivity contribution is 5.76. The van der Waals surface area contributed by atoms with Crippen molar-refractivity contribution in [2.45, 2.75) is 12.3 Å². The summed E-state index contributed by atoms with van der Waals surface area (Å²) in [5, 5.41) is 17.5. The van der Waals surface area contributed by atoms with Gasteiger partial charge in [0, 0.05) is 5.56 Å². The molecule has 1 rings (SSSR count). The van der Waals surface area contributed by atoms with Crippen LogP contribution in [0.3, 0.4) is 0 Å². The van der Waals surface area contributed by atoms with Gasteiger partial charge in [0.15, 0.2) is 6.10 Å². The minimum atomic E-state index is -5.06. The first-order valence-corrected chi connectivity index (χ1v) is 4.22. The summed E-state index contributed by atoms with van der Waals surface area (Å²) in [5.41, 5.74) is 0.998. The number of alkyl halides is 3. The van der Waals surface area contributed by atoms with Crippen molar-refractivity contribution < 1.29 is 32.6 Å². The van der Waals surface area contributed by atoms with Gasteiger partial charge in [0.1, 0.15) is 5.82 Å². The molecule has 8 heteroatoms. The lowest BCUT2D eigenvalue weighted by Gasteiger charge is -2.17. The van der Waals surface area contributed by atoms with Gasteiger partial charge in [0.2, 0.25) is 0 Å². The third-order valence-corrected chi connectivity index (χ3v) is 2.04. The highest BCUT2D eigenvalue weighted by Crippen LogP contribution is 2.39. The number of hydrogen-bond acceptors (Lipinski definition) is 3. The first kappa shape index (κ1) is 13.2. The molecule has 0 spiro atoms. The van der Waals surface area contributed by atoms with Crippen LogP contribution in [-0.4, -0.2) is 16.2 Å². The zero-order valence-corrected chi connectivity index (χ0v) is 8.12. The van der Waals surface area contributed by atoms with E-state index < -0.39 is 40.9 Å². The molecule has 0 saturated carbocycles. The van der Waals surface area contributed by atoms with Crippen LogP contribution in [-0.2, 0) is 11.0 Å². The maximum absolute atomic E-state index is 12.9. The molecule has 1 aromatic carbocycles. The van der Waals surface area contributed by atoms with Gasteiger partial charge < -0.3 is 15.9 Å². The summed E-state index contributed by atoms with van der Waals surface area (Å²) in [4.78, 5) is 10.4. The predicted octanol–water partition coefficient (Wildman–Crippen LogP) is 1.54. The molecule has 1 atom stereocenters. The molecular weight excluding hydrogens is 246 g/mol. The van der Waals surface area contributed by atoms with Gasteiger partial charge in [-0.1, -0.05) is 6.07 Å². The van der Waals surface area contributed by atoms with E-state index in [9.17, 15) is 22.4 Å². The van der Waals surface area contributed by atoms with Gasteiger partial charge in [-0.3, -0.25) is 0 Å². The molecule has 17 heavy (non-hydrogen) atoms. The molecule has 1 unspecified atom stereocenters. The molecule has 0 aliphatic carbocycles. The lowest BCUT2D eigenvalue weighted by atomic mass is 10.00. The molecule has 4 nitrogen and oxygen atoms in total. The van der Waals surface area contributed by atoms with Crippen molar-refractivity contribution in [1.82, 2.24) is 0 Å². The fourth-order valence-electron chi connectivity index (χ4n) is 1.29. The van der Waals surface area contributed by atoms with Crippen LogP contribution >= 0.6 is 0 Å². The fourth-order valence-corrected chi connectivity index (χ4v) is 1.29. The van der Waals surface area contributed by atoms with Gasteiger partial charge in [-0.05, 0) is 6.07 Å². The molecule has 0 saturated heterocycles. The molecule has 0 fully saturated rings. The largest absolute Gasteiger partial charge is 0.479 e. The third kappa shape index (κ3) is 2.47. The third-order valence-electron chi connectivity index (χ3n) is 2.04. The van der Waals surface area contributed by atoms with Crippen molar-refractivity contribution in [2.75, 3.05) is 5.73 Å². The Hall–Kier alpha value is -1.83. The summed E-state index contributed by atoms with van der Waals surface area (Å²) < 4.78 is 50.6. The van der Waals surface area contributed by atoms with E-state index >= 15 is 0 Å². The van der Waals surface area contributed by atoms with E-state index in [0.717, 1.165) is 0 Å². The molecule has 0 heterocycles. The van der Waals surface area contributed by atoms with Crippen molar-refractivity contribution in [3.05, 3.63) is 29.1 Å². The van der Waals surface area contributed by atoms with Gasteiger partial charge in [-0.2, -0.15) is 13.2 Å². The monoisotopic (exact) mass is 253 g/mol. The van der Waals surface area contributed by atoms with Crippen LogP contribution < -0.4 is 5.73 Å². The van der Waals surface area contributed by atoms with E-state index in [2.05, 4.69) is 0 Å². The van der Waals surface area contributed by atoms with E-state index in [1.54, 1.807) is 0 Å². The second-order valence-electron chi connectivity index (χ2n) is 3.16. The smallest absolute Gasteiger partial charge is 0.418 e. The summed E-state index contributed by atoms with van der Waals surface area (Å²) >= 11 is 0. The second kappa shape index (κ2) is 4.21. The lowest BCUT2D eigenvalue weighted by molar-refractivity contribution is -0.149. The van der Waals surface area contributed by atoms with Gasteiger partial charge in [-0.25, -0.2) is 9.18 Å². The topological polar surface area (TPSA) is 83.5 Å². The highest BCUT2D eigenvalue weighted by atomic mass is 19.4. The van der Waals surface area contributed by atoms with Crippen molar-refractivity contribution in [1.29, 1.82) is 0 Å². The minimum absolute atomic E-state index is 0.535. The quantitative estimate of drug-likeness (QED) is 0.551. The van der Waals surface area contributed by atoms with E-state index in [1.807, 2.05) is 0 Å². The number of anilines is 1. The van der Waals surface area contributed by atoms with E-state index in [1.165, 1.54) is 0 Å². The van der Waals surface area contributed by atoms with Crippen LogP contribution in [0.2, 0.25) is 0 Å². The normalized spacial score (nSPS) is 13.5. The molecule has 0 radical (unpaired) electrons. The molecule has 0 amide bonds. The summed E-state index contributed by atoms with van der Waals surface area (Å²) in [5.74, 6) is -3.22. The minimum Gasteiger partial charge on any atom is -0.479 e. The zero-order valence-electron chi connectivity index (χ0n) is 8.12. The molecule has 0 aromatic heterocycles. The number of aliphatic hydroxyl groups is 1. The average molecular weight is 253 g/mol. The number of carboxylic acids is 1. The number of nitrogen functional groups attached to an aromatic ring is 1.